The quantitative estimate of drug-likeness (QED) is 0.633. The van der Waals surface area contributed by atoms with E-state index in [1.165, 1.54) is 11.1 Å². The van der Waals surface area contributed by atoms with Crippen LogP contribution in [0.15, 0.2) is 53.1 Å². The number of fused-ring (bicyclic) bond motifs is 1. The maximum Gasteiger partial charge on any atom is 0.241 e. The zero-order valence-electron chi connectivity index (χ0n) is 18.0. The number of nitrogens with zero attached hydrogens (tertiary/aromatic N) is 4. The highest BCUT2D eigenvalue weighted by atomic mass is 16.5. The Labute approximate surface area is 182 Å². The van der Waals surface area contributed by atoms with Gasteiger partial charge >= 0.3 is 0 Å². The Bertz CT molecular complexity index is 1070. The molecule has 1 aliphatic heterocycles. The molecule has 1 unspecified atom stereocenters. The van der Waals surface area contributed by atoms with Crippen molar-refractivity contribution in [2.24, 2.45) is 0 Å². The monoisotopic (exact) mass is 416 g/mol. The van der Waals surface area contributed by atoms with Crippen molar-refractivity contribution in [3.63, 3.8) is 0 Å². The largest absolute Gasteiger partial charge is 0.340 e. The minimum Gasteiger partial charge on any atom is -0.340 e. The molecule has 0 radical (unpaired) electrons. The molecule has 0 saturated carbocycles. The Morgan fingerprint density at radius 2 is 1.84 bits per heavy atom. The molecule has 2 heterocycles. The minimum absolute atomic E-state index is 0.279. The maximum atomic E-state index is 12.9. The summed E-state index contributed by atoms with van der Waals surface area (Å²) in [6, 6.07) is 16.6. The van der Waals surface area contributed by atoms with E-state index in [1.807, 2.05) is 36.1 Å². The molecule has 2 aromatic carbocycles. The van der Waals surface area contributed by atoms with Gasteiger partial charge in [0.2, 0.25) is 17.6 Å². The van der Waals surface area contributed by atoms with Gasteiger partial charge in [0.25, 0.3) is 0 Å². The third-order valence-corrected chi connectivity index (χ3v) is 6.62. The molecule has 0 bridgehead atoms. The van der Waals surface area contributed by atoms with E-state index in [4.69, 9.17) is 4.52 Å². The molecular formula is C25H28N4O2. The van der Waals surface area contributed by atoms with Crippen molar-refractivity contribution in [1.29, 1.82) is 0 Å². The van der Waals surface area contributed by atoms with Gasteiger partial charge in [0.05, 0.1) is 6.54 Å². The number of piperazine rings is 1. The molecule has 1 fully saturated rings. The summed E-state index contributed by atoms with van der Waals surface area (Å²) < 4.78 is 5.49. The lowest BCUT2D eigenvalue weighted by Gasteiger charge is -2.34. The maximum absolute atomic E-state index is 12.9. The van der Waals surface area contributed by atoms with Crippen LogP contribution in [0.4, 0.5) is 0 Å². The van der Waals surface area contributed by atoms with E-state index in [-0.39, 0.29) is 5.91 Å². The highest BCUT2D eigenvalue weighted by molar-refractivity contribution is 5.77. The van der Waals surface area contributed by atoms with Crippen LogP contribution in [-0.2, 0) is 17.8 Å². The fourth-order valence-electron chi connectivity index (χ4n) is 4.80. The van der Waals surface area contributed by atoms with E-state index in [1.54, 1.807) is 0 Å². The first kappa shape index (κ1) is 19.9. The van der Waals surface area contributed by atoms with Gasteiger partial charge in [-0.1, -0.05) is 53.7 Å². The van der Waals surface area contributed by atoms with Crippen LogP contribution in [0.2, 0.25) is 0 Å². The lowest BCUT2D eigenvalue weighted by Crippen LogP contribution is -2.48. The van der Waals surface area contributed by atoms with Gasteiger partial charge < -0.3 is 9.42 Å². The lowest BCUT2D eigenvalue weighted by atomic mass is 9.97. The molecule has 5 rings (SSSR count). The predicted molar refractivity (Wildman–Crippen MR) is 118 cm³/mol. The zero-order chi connectivity index (χ0) is 21.2. The van der Waals surface area contributed by atoms with Crippen LogP contribution in [0, 0.1) is 6.92 Å². The topological polar surface area (TPSA) is 62.5 Å². The van der Waals surface area contributed by atoms with E-state index >= 15 is 0 Å². The van der Waals surface area contributed by atoms with Gasteiger partial charge in [0.15, 0.2) is 0 Å². The number of amides is 1. The summed E-state index contributed by atoms with van der Waals surface area (Å²) in [7, 11) is 0. The molecule has 1 atom stereocenters. The Morgan fingerprint density at radius 3 is 2.68 bits per heavy atom. The van der Waals surface area contributed by atoms with Gasteiger partial charge in [-0.3, -0.25) is 9.69 Å². The number of hydrogen-bond donors (Lipinski definition) is 0. The van der Waals surface area contributed by atoms with Crippen LogP contribution >= 0.6 is 0 Å². The summed E-state index contributed by atoms with van der Waals surface area (Å²) in [6.07, 6.45) is 2.81. The molecule has 3 aromatic rings. The molecule has 31 heavy (non-hydrogen) atoms. The Hall–Kier alpha value is -2.99. The molecule has 0 spiro atoms. The molecule has 160 valence electrons. The normalized spacial score (nSPS) is 18.9. The second-order valence-electron chi connectivity index (χ2n) is 8.62. The lowest BCUT2D eigenvalue weighted by molar-refractivity contribution is -0.133. The summed E-state index contributed by atoms with van der Waals surface area (Å²) in [5.74, 6) is 1.92. The Kier molecular flexibility index (Phi) is 5.55. The van der Waals surface area contributed by atoms with Crippen molar-refractivity contribution in [2.75, 3.05) is 26.2 Å². The molecular weight excluding hydrogens is 388 g/mol. The van der Waals surface area contributed by atoms with Crippen LogP contribution in [-0.4, -0.2) is 52.0 Å². The molecule has 0 N–H and O–H groups in total. The summed E-state index contributed by atoms with van der Waals surface area (Å²) in [5, 5.41) is 4.15. The molecule has 2 aliphatic rings. The minimum atomic E-state index is 0.279. The number of aryl methyl sites for hydroxylation is 2. The Morgan fingerprint density at radius 1 is 1.06 bits per heavy atom. The number of benzene rings is 2. The van der Waals surface area contributed by atoms with Gasteiger partial charge in [0, 0.05) is 38.2 Å². The van der Waals surface area contributed by atoms with Gasteiger partial charge in [0.1, 0.15) is 0 Å². The third kappa shape index (κ3) is 4.26. The van der Waals surface area contributed by atoms with Gasteiger partial charge in [-0.25, -0.2) is 0 Å². The second-order valence-corrected chi connectivity index (χ2v) is 8.62. The predicted octanol–water partition coefficient (Wildman–Crippen LogP) is 3.81. The zero-order valence-corrected chi connectivity index (χ0v) is 18.0. The van der Waals surface area contributed by atoms with Gasteiger partial charge in [-0.2, -0.15) is 4.98 Å². The molecule has 1 amide bonds. The third-order valence-electron chi connectivity index (χ3n) is 6.62. The van der Waals surface area contributed by atoms with Crippen molar-refractivity contribution < 1.29 is 9.32 Å². The van der Waals surface area contributed by atoms with Gasteiger partial charge in [-0.15, -0.1) is 0 Å². The first-order chi connectivity index (χ1) is 15.2. The average molecular weight is 417 g/mol. The first-order valence-corrected chi connectivity index (χ1v) is 11.1. The summed E-state index contributed by atoms with van der Waals surface area (Å²) in [6.45, 7) is 5.84. The van der Waals surface area contributed by atoms with E-state index < -0.39 is 0 Å². The van der Waals surface area contributed by atoms with Gasteiger partial charge in [-0.05, 0) is 42.4 Å². The van der Waals surface area contributed by atoms with Crippen molar-refractivity contribution in [2.45, 2.75) is 38.6 Å². The number of carbonyl (C=O) groups is 1. The van der Waals surface area contributed by atoms with E-state index in [2.05, 4.69) is 39.3 Å². The number of rotatable bonds is 5. The molecule has 6 nitrogen and oxygen atoms in total. The van der Waals surface area contributed by atoms with Crippen LogP contribution in [0.3, 0.4) is 0 Å². The summed E-state index contributed by atoms with van der Waals surface area (Å²) >= 11 is 0. The van der Waals surface area contributed by atoms with Crippen molar-refractivity contribution in [3.05, 3.63) is 71.1 Å². The fraction of sp³-hybridized carbons (Fsp3) is 0.400. The van der Waals surface area contributed by atoms with Crippen LogP contribution in [0.5, 0.6) is 0 Å². The van der Waals surface area contributed by atoms with E-state index in [0.29, 0.717) is 30.6 Å². The number of hydrogen-bond acceptors (Lipinski definition) is 5. The standard InChI is InChI=1S/C25H28N4O2/c1-18-6-2-4-8-21(18)25-26-23(31-27-25)17-28-12-14-29(15-13-28)24(30)16-20-11-10-19-7-3-5-9-22(19)20/h2-9,20H,10-17H2,1H3. The van der Waals surface area contributed by atoms with Crippen LogP contribution in [0.1, 0.15) is 41.3 Å². The molecule has 1 aliphatic carbocycles. The first-order valence-electron chi connectivity index (χ1n) is 11.1. The SMILES string of the molecule is Cc1ccccc1-c1noc(CN2CCN(C(=O)CC3CCc4ccccc43)CC2)n1. The smallest absolute Gasteiger partial charge is 0.241 e. The average Bonchev–Trinajstić information content (AvgIpc) is 3.42. The summed E-state index contributed by atoms with van der Waals surface area (Å²) in [4.78, 5) is 21.8. The highest BCUT2D eigenvalue weighted by Crippen LogP contribution is 2.35. The molecule has 1 saturated heterocycles. The number of carbonyl (C=O) groups excluding carboxylic acids is 1. The van der Waals surface area contributed by atoms with Crippen molar-refractivity contribution >= 4 is 5.91 Å². The van der Waals surface area contributed by atoms with Crippen LogP contribution < -0.4 is 0 Å². The number of aromatic nitrogens is 2. The van der Waals surface area contributed by atoms with E-state index in [9.17, 15) is 4.79 Å². The van der Waals surface area contributed by atoms with E-state index in [0.717, 1.165) is 50.1 Å². The Balaban J connectivity index is 1.14. The second kappa shape index (κ2) is 8.63. The molecule has 6 heteroatoms. The molecule has 1 aromatic heterocycles. The summed E-state index contributed by atoms with van der Waals surface area (Å²) in [5.41, 5.74) is 4.92. The van der Waals surface area contributed by atoms with Crippen LogP contribution in [0.25, 0.3) is 11.4 Å². The highest BCUT2D eigenvalue weighted by Gasteiger charge is 2.28. The fourth-order valence-corrected chi connectivity index (χ4v) is 4.80. The van der Waals surface area contributed by atoms with Crippen molar-refractivity contribution in [3.8, 4) is 11.4 Å². The van der Waals surface area contributed by atoms with Crippen molar-refractivity contribution in [1.82, 2.24) is 19.9 Å².